The largest absolute Gasteiger partial charge is 0.390 e. The fourth-order valence-corrected chi connectivity index (χ4v) is 4.31. The van der Waals surface area contributed by atoms with Gasteiger partial charge in [-0.25, -0.2) is 13.1 Å². The van der Waals surface area contributed by atoms with Crippen LogP contribution in [0.4, 0.5) is 0 Å². The van der Waals surface area contributed by atoms with Crippen molar-refractivity contribution < 1.29 is 13.5 Å². The van der Waals surface area contributed by atoms with E-state index in [2.05, 4.69) is 23.5 Å². The van der Waals surface area contributed by atoms with Crippen LogP contribution < -0.4 is 4.72 Å². The second-order valence-corrected chi connectivity index (χ2v) is 8.64. The Morgan fingerprint density at radius 2 is 1.87 bits per heavy atom. The third kappa shape index (κ3) is 4.81. The number of β-amino-alcohol motifs (C(OH)–C–C–N with tert-alkyl or cyclic N) is 1. The lowest BCUT2D eigenvalue weighted by atomic mass is 10.2. The predicted octanol–water partition coefficient (Wildman–Crippen LogP) is 2.51. The Morgan fingerprint density at radius 3 is 2.43 bits per heavy atom. The Morgan fingerprint density at radius 1 is 1.26 bits per heavy atom. The van der Waals surface area contributed by atoms with E-state index in [-0.39, 0.29) is 16.5 Å². The van der Waals surface area contributed by atoms with Crippen molar-refractivity contribution in [3.63, 3.8) is 0 Å². The molecular weight excluding hydrogens is 359 g/mol. The second-order valence-electron chi connectivity index (χ2n) is 6.05. The zero-order valence-corrected chi connectivity index (χ0v) is 15.5. The number of aliphatic hydroxyl groups is 1. The van der Waals surface area contributed by atoms with Crippen LogP contribution in [0.25, 0.3) is 0 Å². The molecule has 1 aliphatic rings. The summed E-state index contributed by atoms with van der Waals surface area (Å²) in [7, 11) is -3.73. The molecule has 23 heavy (non-hydrogen) atoms. The number of likely N-dealkylation sites (tertiary alicyclic amines) is 1. The van der Waals surface area contributed by atoms with Crippen LogP contribution in [-0.2, 0) is 10.0 Å². The van der Waals surface area contributed by atoms with Crippen LogP contribution in [0.5, 0.6) is 0 Å². The zero-order chi connectivity index (χ0) is 17.2. The first-order valence-electron chi connectivity index (χ1n) is 7.59. The smallest absolute Gasteiger partial charge is 0.240 e. The molecule has 0 radical (unpaired) electrons. The first-order valence-corrected chi connectivity index (χ1v) is 9.83. The number of nitrogens with zero attached hydrogens (tertiary/aromatic N) is 1. The molecule has 1 fully saturated rings. The molecule has 8 heteroatoms. The summed E-state index contributed by atoms with van der Waals surface area (Å²) < 4.78 is 26.9. The summed E-state index contributed by atoms with van der Waals surface area (Å²) in [5.41, 5.74) is 0. The Balaban J connectivity index is 1.94. The van der Waals surface area contributed by atoms with E-state index in [1.54, 1.807) is 0 Å². The molecule has 130 valence electrons. The summed E-state index contributed by atoms with van der Waals surface area (Å²) in [6, 6.07) is 4.93. The third-order valence-electron chi connectivity index (χ3n) is 4.27. The number of benzene rings is 1. The monoisotopic (exact) mass is 380 g/mol. The van der Waals surface area contributed by atoms with Gasteiger partial charge in [-0.1, -0.05) is 23.2 Å². The van der Waals surface area contributed by atoms with Crippen molar-refractivity contribution in [1.82, 2.24) is 9.62 Å². The first-order chi connectivity index (χ1) is 10.7. The fraction of sp³-hybridized carbons (Fsp3) is 0.600. The fourth-order valence-electron chi connectivity index (χ4n) is 2.85. The van der Waals surface area contributed by atoms with Crippen molar-refractivity contribution in [2.75, 3.05) is 13.1 Å². The number of hydrogen-bond acceptors (Lipinski definition) is 4. The maximum absolute atomic E-state index is 12.2. The number of rotatable bonds is 6. The summed E-state index contributed by atoms with van der Waals surface area (Å²) in [6.07, 6.45) is 1.43. The minimum Gasteiger partial charge on any atom is -0.390 e. The molecule has 1 saturated heterocycles. The van der Waals surface area contributed by atoms with Crippen LogP contribution >= 0.6 is 23.2 Å². The van der Waals surface area contributed by atoms with Crippen molar-refractivity contribution in [3.05, 3.63) is 28.2 Å². The van der Waals surface area contributed by atoms with Crippen LogP contribution in [0.15, 0.2) is 23.1 Å². The van der Waals surface area contributed by atoms with Crippen molar-refractivity contribution in [2.45, 2.75) is 49.8 Å². The minimum absolute atomic E-state index is 0.0296. The van der Waals surface area contributed by atoms with E-state index in [1.807, 2.05) is 0 Å². The van der Waals surface area contributed by atoms with Gasteiger partial charge in [0.25, 0.3) is 0 Å². The van der Waals surface area contributed by atoms with Crippen molar-refractivity contribution in [3.8, 4) is 0 Å². The molecule has 1 heterocycles. The summed E-state index contributed by atoms with van der Waals surface area (Å²) in [5.74, 6) is 0. The van der Waals surface area contributed by atoms with Crippen LogP contribution in [0.1, 0.15) is 26.7 Å². The molecule has 0 saturated carbocycles. The molecule has 2 N–H and O–H groups in total. The average molecular weight is 381 g/mol. The van der Waals surface area contributed by atoms with Gasteiger partial charge >= 0.3 is 0 Å². The summed E-state index contributed by atoms with van der Waals surface area (Å²) in [4.78, 5) is 2.24. The Hall–Kier alpha value is -0.370. The van der Waals surface area contributed by atoms with Gasteiger partial charge in [-0.3, -0.25) is 4.90 Å². The lowest BCUT2D eigenvalue weighted by molar-refractivity contribution is 0.0941. The van der Waals surface area contributed by atoms with E-state index < -0.39 is 16.1 Å². The molecule has 0 spiro atoms. The highest BCUT2D eigenvalue weighted by Crippen LogP contribution is 2.25. The minimum atomic E-state index is -3.73. The molecule has 3 atom stereocenters. The summed E-state index contributed by atoms with van der Waals surface area (Å²) in [6.45, 7) is 4.65. The van der Waals surface area contributed by atoms with Crippen molar-refractivity contribution in [2.24, 2.45) is 0 Å². The molecule has 0 amide bonds. The van der Waals surface area contributed by atoms with E-state index in [4.69, 9.17) is 23.2 Å². The molecule has 1 aromatic carbocycles. The van der Waals surface area contributed by atoms with Crippen LogP contribution in [0, 0.1) is 0 Å². The highest BCUT2D eigenvalue weighted by atomic mass is 35.5. The SMILES string of the molecule is CC1CCC(C)N1C[C@@H](O)CNS(=O)(=O)c1ccc(Cl)c(Cl)c1. The molecule has 0 aromatic heterocycles. The van der Waals surface area contributed by atoms with Gasteiger partial charge in [-0.15, -0.1) is 0 Å². The van der Waals surface area contributed by atoms with E-state index in [1.165, 1.54) is 18.2 Å². The number of hydrogen-bond donors (Lipinski definition) is 2. The van der Waals surface area contributed by atoms with E-state index in [9.17, 15) is 13.5 Å². The summed E-state index contributed by atoms with van der Waals surface area (Å²) in [5, 5.41) is 10.6. The van der Waals surface area contributed by atoms with Crippen LogP contribution in [-0.4, -0.2) is 49.7 Å². The van der Waals surface area contributed by atoms with Gasteiger partial charge in [0, 0.05) is 25.2 Å². The van der Waals surface area contributed by atoms with Gasteiger partial charge < -0.3 is 5.11 Å². The molecule has 2 rings (SSSR count). The highest BCUT2D eigenvalue weighted by molar-refractivity contribution is 7.89. The first kappa shape index (κ1) is 19.0. The topological polar surface area (TPSA) is 69.6 Å². The zero-order valence-electron chi connectivity index (χ0n) is 13.2. The van der Waals surface area contributed by atoms with Gasteiger partial charge in [0.2, 0.25) is 10.0 Å². The van der Waals surface area contributed by atoms with Crippen molar-refractivity contribution in [1.29, 1.82) is 0 Å². The number of aliphatic hydroxyl groups excluding tert-OH is 1. The van der Waals surface area contributed by atoms with Crippen LogP contribution in [0.3, 0.4) is 0 Å². The standard InChI is InChI=1S/C15H22Cl2N2O3S/c1-10-3-4-11(2)19(10)9-12(20)8-18-23(21,22)13-5-6-14(16)15(17)7-13/h5-7,10-12,18,20H,3-4,8-9H2,1-2H3/t10?,11?,12-/m0/s1. The average Bonchev–Trinajstić information content (AvgIpc) is 2.80. The van der Waals surface area contributed by atoms with Crippen LogP contribution in [0.2, 0.25) is 10.0 Å². The molecule has 1 aromatic rings. The lowest BCUT2D eigenvalue weighted by Gasteiger charge is -2.28. The van der Waals surface area contributed by atoms with E-state index in [0.717, 1.165) is 12.8 Å². The Kier molecular flexibility index (Phi) is 6.33. The third-order valence-corrected chi connectivity index (χ3v) is 6.43. The van der Waals surface area contributed by atoms with Gasteiger partial charge in [0.15, 0.2) is 0 Å². The Bertz CT molecular complexity index is 644. The van der Waals surface area contributed by atoms with E-state index >= 15 is 0 Å². The summed E-state index contributed by atoms with van der Waals surface area (Å²) >= 11 is 11.6. The molecule has 0 aliphatic carbocycles. The predicted molar refractivity (Wildman–Crippen MR) is 92.5 cm³/mol. The maximum Gasteiger partial charge on any atom is 0.240 e. The van der Waals surface area contributed by atoms with E-state index in [0.29, 0.717) is 23.7 Å². The molecule has 5 nitrogen and oxygen atoms in total. The van der Waals surface area contributed by atoms with Gasteiger partial charge in [-0.2, -0.15) is 0 Å². The molecule has 2 unspecified atom stereocenters. The molecule has 1 aliphatic heterocycles. The second kappa shape index (κ2) is 7.68. The molecular formula is C15H22Cl2N2O3S. The maximum atomic E-state index is 12.2. The quantitative estimate of drug-likeness (QED) is 0.795. The molecule has 0 bridgehead atoms. The van der Waals surface area contributed by atoms with Gasteiger partial charge in [-0.05, 0) is 44.9 Å². The number of halogens is 2. The van der Waals surface area contributed by atoms with Gasteiger partial charge in [0.05, 0.1) is 21.0 Å². The highest BCUT2D eigenvalue weighted by Gasteiger charge is 2.29. The lowest BCUT2D eigenvalue weighted by Crippen LogP contribution is -2.43. The normalized spacial score (nSPS) is 24.0. The Labute approximate surface area is 147 Å². The number of nitrogens with one attached hydrogen (secondary N) is 1. The number of sulfonamides is 1. The van der Waals surface area contributed by atoms with Crippen molar-refractivity contribution >= 4 is 33.2 Å². The van der Waals surface area contributed by atoms with Gasteiger partial charge in [0.1, 0.15) is 0 Å².